The largest absolute Gasteiger partial charge is 0.369 e. The van der Waals surface area contributed by atoms with E-state index in [-0.39, 0.29) is 30.3 Å². The Hall–Kier alpha value is -2.59. The second-order valence-electron chi connectivity index (χ2n) is 8.22. The van der Waals surface area contributed by atoms with Gasteiger partial charge in [-0.15, -0.1) is 0 Å². The lowest BCUT2D eigenvalue weighted by Crippen LogP contribution is -2.48. The summed E-state index contributed by atoms with van der Waals surface area (Å²) in [6, 6.07) is 9.53. The third-order valence-corrected chi connectivity index (χ3v) is 6.17. The Morgan fingerprint density at radius 3 is 2.47 bits per heavy atom. The molecule has 2 amide bonds. The second-order valence-corrected chi connectivity index (χ2v) is 8.22. The van der Waals surface area contributed by atoms with E-state index in [0.717, 1.165) is 64.1 Å². The van der Waals surface area contributed by atoms with Gasteiger partial charge in [0, 0.05) is 43.5 Å². The third kappa shape index (κ3) is 5.73. The van der Waals surface area contributed by atoms with Gasteiger partial charge in [0.2, 0.25) is 5.91 Å². The van der Waals surface area contributed by atoms with E-state index in [4.69, 9.17) is 5.26 Å². The van der Waals surface area contributed by atoms with Crippen molar-refractivity contribution in [2.75, 3.05) is 44.2 Å². The Morgan fingerprint density at radius 1 is 1.10 bits per heavy atom. The normalized spacial score (nSPS) is 22.2. The zero-order valence-corrected chi connectivity index (χ0v) is 17.9. The summed E-state index contributed by atoms with van der Waals surface area (Å²) in [5.41, 5.74) is 1.76. The van der Waals surface area contributed by atoms with Gasteiger partial charge in [0.15, 0.2) is 0 Å². The maximum absolute atomic E-state index is 12.8. The lowest BCUT2D eigenvalue weighted by atomic mass is 9.83. The second kappa shape index (κ2) is 11.0. The number of anilines is 1. The monoisotopic (exact) mass is 411 g/mol. The van der Waals surface area contributed by atoms with Gasteiger partial charge in [-0.25, -0.2) is 0 Å². The molecule has 0 aromatic heterocycles. The Morgan fingerprint density at radius 2 is 1.80 bits per heavy atom. The molecule has 1 heterocycles. The molecule has 1 saturated carbocycles. The number of hydrogen-bond donors (Lipinski definition) is 2. The van der Waals surface area contributed by atoms with Crippen LogP contribution in [-0.4, -0.2) is 62.0 Å². The summed E-state index contributed by atoms with van der Waals surface area (Å²) in [4.78, 5) is 30.0. The van der Waals surface area contributed by atoms with E-state index >= 15 is 0 Å². The number of nitriles is 1. The number of benzene rings is 1. The SMILES string of the molecule is CCCN1CCN(c2ccc(C(=O)N[C@H]3CCCC[C@H]3C(=O)NCC#N)cc2)CC1. The summed E-state index contributed by atoms with van der Waals surface area (Å²) in [7, 11) is 0. The topological polar surface area (TPSA) is 88.5 Å². The van der Waals surface area contributed by atoms with E-state index < -0.39 is 0 Å². The number of carbonyl (C=O) groups is 2. The number of nitrogens with one attached hydrogen (secondary N) is 2. The van der Waals surface area contributed by atoms with Crippen molar-refractivity contribution in [2.45, 2.75) is 45.1 Å². The summed E-state index contributed by atoms with van der Waals surface area (Å²) < 4.78 is 0. The van der Waals surface area contributed by atoms with Crippen molar-refractivity contribution in [2.24, 2.45) is 5.92 Å². The Kier molecular flexibility index (Phi) is 8.09. The van der Waals surface area contributed by atoms with Crippen molar-refractivity contribution in [3.05, 3.63) is 29.8 Å². The van der Waals surface area contributed by atoms with Crippen LogP contribution in [0.15, 0.2) is 24.3 Å². The van der Waals surface area contributed by atoms with Gasteiger partial charge in [-0.2, -0.15) is 5.26 Å². The summed E-state index contributed by atoms with van der Waals surface area (Å²) >= 11 is 0. The highest BCUT2D eigenvalue weighted by Gasteiger charge is 2.32. The van der Waals surface area contributed by atoms with Gasteiger partial charge >= 0.3 is 0 Å². The molecule has 0 bridgehead atoms. The Bertz CT molecular complexity index is 750. The molecule has 0 spiro atoms. The predicted octanol–water partition coefficient (Wildman–Crippen LogP) is 2.15. The Balaban J connectivity index is 1.56. The van der Waals surface area contributed by atoms with Gasteiger partial charge in [-0.05, 0) is 50.1 Å². The van der Waals surface area contributed by atoms with Crippen LogP contribution < -0.4 is 15.5 Å². The van der Waals surface area contributed by atoms with Crippen molar-refractivity contribution in [1.82, 2.24) is 15.5 Å². The molecule has 1 aliphatic carbocycles. The first-order valence-corrected chi connectivity index (χ1v) is 11.1. The fourth-order valence-electron chi connectivity index (χ4n) is 4.50. The third-order valence-electron chi connectivity index (χ3n) is 6.17. The first-order valence-electron chi connectivity index (χ1n) is 11.1. The van der Waals surface area contributed by atoms with E-state index in [1.165, 1.54) is 6.42 Å². The minimum atomic E-state index is -0.269. The van der Waals surface area contributed by atoms with Crippen molar-refractivity contribution in [1.29, 1.82) is 5.26 Å². The molecule has 3 rings (SSSR count). The van der Waals surface area contributed by atoms with Crippen LogP contribution in [0.3, 0.4) is 0 Å². The maximum Gasteiger partial charge on any atom is 0.251 e. The van der Waals surface area contributed by atoms with Crippen molar-refractivity contribution < 1.29 is 9.59 Å². The fraction of sp³-hybridized carbons (Fsp3) is 0.609. The number of rotatable bonds is 7. The minimum Gasteiger partial charge on any atom is -0.369 e. The smallest absolute Gasteiger partial charge is 0.251 e. The number of nitrogens with zero attached hydrogens (tertiary/aromatic N) is 3. The molecular weight excluding hydrogens is 378 g/mol. The molecule has 0 unspecified atom stereocenters. The quantitative estimate of drug-likeness (QED) is 0.671. The molecule has 1 aromatic carbocycles. The number of amides is 2. The molecule has 1 saturated heterocycles. The van der Waals surface area contributed by atoms with Crippen LogP contribution in [0.4, 0.5) is 5.69 Å². The number of carbonyl (C=O) groups excluding carboxylic acids is 2. The summed E-state index contributed by atoms with van der Waals surface area (Å²) in [5, 5.41) is 14.4. The highest BCUT2D eigenvalue weighted by molar-refractivity contribution is 5.95. The van der Waals surface area contributed by atoms with Gasteiger partial charge in [0.1, 0.15) is 6.54 Å². The molecule has 162 valence electrons. The first kappa shape index (κ1) is 22.1. The molecule has 2 aliphatic rings. The van der Waals surface area contributed by atoms with Crippen molar-refractivity contribution >= 4 is 17.5 Å². The first-order chi connectivity index (χ1) is 14.6. The predicted molar refractivity (Wildman–Crippen MR) is 117 cm³/mol. The van der Waals surface area contributed by atoms with Crippen molar-refractivity contribution in [3.63, 3.8) is 0 Å². The molecule has 7 heteroatoms. The lowest BCUT2D eigenvalue weighted by Gasteiger charge is -2.36. The van der Waals surface area contributed by atoms with E-state index in [1.54, 1.807) is 0 Å². The molecule has 1 aliphatic heterocycles. The van der Waals surface area contributed by atoms with Crippen molar-refractivity contribution in [3.8, 4) is 6.07 Å². The average molecular weight is 412 g/mol. The number of piperazine rings is 1. The van der Waals surface area contributed by atoms with E-state index in [0.29, 0.717) is 5.56 Å². The average Bonchev–Trinajstić information content (AvgIpc) is 2.78. The molecule has 1 aromatic rings. The zero-order chi connectivity index (χ0) is 21.3. The van der Waals surface area contributed by atoms with Crippen LogP contribution in [0.1, 0.15) is 49.4 Å². The van der Waals surface area contributed by atoms with Gasteiger partial charge < -0.3 is 15.5 Å². The van der Waals surface area contributed by atoms with Crippen LogP contribution in [0.25, 0.3) is 0 Å². The van der Waals surface area contributed by atoms with Gasteiger partial charge in [-0.1, -0.05) is 19.8 Å². The van der Waals surface area contributed by atoms with E-state index in [9.17, 15) is 9.59 Å². The van der Waals surface area contributed by atoms with Crippen LogP contribution >= 0.6 is 0 Å². The van der Waals surface area contributed by atoms with Crippen LogP contribution in [0, 0.1) is 17.2 Å². The fourth-order valence-corrected chi connectivity index (χ4v) is 4.50. The van der Waals surface area contributed by atoms with Crippen LogP contribution in [-0.2, 0) is 4.79 Å². The molecule has 2 atom stereocenters. The molecule has 2 fully saturated rings. The lowest BCUT2D eigenvalue weighted by molar-refractivity contribution is -0.126. The zero-order valence-electron chi connectivity index (χ0n) is 17.9. The standard InChI is InChI=1S/C23H33N5O2/c1-2-13-27-14-16-28(17-15-27)19-9-7-18(8-10-19)22(29)26-21-6-4-3-5-20(21)23(30)25-12-11-24/h7-10,20-21H,2-6,12-17H2,1H3,(H,25,30)(H,26,29)/t20-,21+/m1/s1. The van der Waals surface area contributed by atoms with E-state index in [2.05, 4.69) is 27.4 Å². The van der Waals surface area contributed by atoms with Crippen LogP contribution in [0.2, 0.25) is 0 Å². The van der Waals surface area contributed by atoms with Gasteiger partial charge in [0.05, 0.1) is 12.0 Å². The maximum atomic E-state index is 12.8. The van der Waals surface area contributed by atoms with Gasteiger partial charge in [-0.3, -0.25) is 14.5 Å². The molecule has 7 nitrogen and oxygen atoms in total. The summed E-state index contributed by atoms with van der Waals surface area (Å²) in [5.74, 6) is -0.548. The molecule has 30 heavy (non-hydrogen) atoms. The van der Waals surface area contributed by atoms with Gasteiger partial charge in [0.25, 0.3) is 5.91 Å². The minimum absolute atomic E-state index is 0.00413. The molecular formula is C23H33N5O2. The molecule has 2 N–H and O–H groups in total. The van der Waals surface area contributed by atoms with E-state index in [1.807, 2.05) is 30.3 Å². The summed E-state index contributed by atoms with van der Waals surface area (Å²) in [6.45, 7) is 7.54. The highest BCUT2D eigenvalue weighted by Crippen LogP contribution is 2.25. The highest BCUT2D eigenvalue weighted by atomic mass is 16.2. The Labute approximate surface area is 179 Å². The number of hydrogen-bond acceptors (Lipinski definition) is 5. The molecule has 0 radical (unpaired) electrons. The summed E-state index contributed by atoms with van der Waals surface area (Å²) in [6.07, 6.45) is 4.68. The van der Waals surface area contributed by atoms with Crippen LogP contribution in [0.5, 0.6) is 0 Å².